The second-order valence-corrected chi connectivity index (χ2v) is 9.81. The zero-order valence-electron chi connectivity index (χ0n) is 20.9. The van der Waals surface area contributed by atoms with Crippen LogP contribution >= 0.6 is 0 Å². The van der Waals surface area contributed by atoms with E-state index in [1.165, 1.54) is 45.6 Å². The Balaban J connectivity index is 1.97. The Morgan fingerprint density at radius 1 is 0.806 bits per heavy atom. The number of aryl methyl sites for hydroxylation is 3. The van der Waals surface area contributed by atoms with Gasteiger partial charge in [-0.2, -0.15) is 0 Å². The summed E-state index contributed by atoms with van der Waals surface area (Å²) in [6, 6.07) is 12.5. The Hall–Kier alpha value is -4.05. The van der Waals surface area contributed by atoms with E-state index >= 15 is 0 Å². The number of sulfonamides is 1. The minimum Gasteiger partial charge on any atom is -0.493 e. The number of esters is 1. The van der Waals surface area contributed by atoms with Gasteiger partial charge in [-0.3, -0.25) is 9.52 Å². The van der Waals surface area contributed by atoms with Gasteiger partial charge in [-0.25, -0.2) is 13.2 Å². The maximum absolute atomic E-state index is 13.2. The van der Waals surface area contributed by atoms with Gasteiger partial charge in [0, 0.05) is 23.4 Å². The van der Waals surface area contributed by atoms with Gasteiger partial charge in [-0.05, 0) is 61.7 Å². The van der Waals surface area contributed by atoms with Gasteiger partial charge in [0.2, 0.25) is 0 Å². The van der Waals surface area contributed by atoms with Gasteiger partial charge in [0.25, 0.3) is 15.9 Å². The number of amides is 1. The number of hydrogen-bond acceptors (Lipinski definition) is 7. The molecule has 0 aromatic heterocycles. The van der Waals surface area contributed by atoms with Gasteiger partial charge in [0.1, 0.15) is 0 Å². The van der Waals surface area contributed by atoms with Crippen LogP contribution in [-0.2, 0) is 14.8 Å². The van der Waals surface area contributed by atoms with Crippen LogP contribution in [0.5, 0.6) is 11.5 Å². The molecule has 3 aromatic carbocycles. The van der Waals surface area contributed by atoms with Crippen LogP contribution in [0.1, 0.15) is 37.4 Å². The summed E-state index contributed by atoms with van der Waals surface area (Å²) in [5, 5.41) is 2.64. The Kier molecular flexibility index (Phi) is 7.89. The van der Waals surface area contributed by atoms with Gasteiger partial charge < -0.3 is 19.5 Å². The molecule has 190 valence electrons. The molecule has 0 heterocycles. The molecular formula is C26H28N2O7S. The van der Waals surface area contributed by atoms with Gasteiger partial charge in [0.05, 0.1) is 37.5 Å². The monoisotopic (exact) mass is 512 g/mol. The lowest BCUT2D eigenvalue weighted by Gasteiger charge is -2.16. The van der Waals surface area contributed by atoms with Gasteiger partial charge in [-0.1, -0.05) is 12.1 Å². The van der Waals surface area contributed by atoms with Gasteiger partial charge in [0.15, 0.2) is 11.5 Å². The number of hydrogen-bond donors (Lipinski definition) is 2. The minimum absolute atomic E-state index is 0.0416. The predicted octanol–water partition coefficient (Wildman–Crippen LogP) is 4.47. The SMILES string of the molecule is COC(=O)c1cc(OC)c(OC)cc1NC(=O)c1ccc(C)c(S(=O)(=O)Nc2cc(C)cc(C)c2)c1. The Morgan fingerprint density at radius 2 is 1.42 bits per heavy atom. The van der Waals surface area contributed by atoms with Crippen LogP contribution in [0.25, 0.3) is 0 Å². The van der Waals surface area contributed by atoms with Crippen LogP contribution in [0.2, 0.25) is 0 Å². The lowest BCUT2D eigenvalue weighted by molar-refractivity contribution is 0.0601. The molecule has 0 saturated heterocycles. The van der Waals surface area contributed by atoms with Crippen molar-refractivity contribution in [2.45, 2.75) is 25.7 Å². The average Bonchev–Trinajstić information content (AvgIpc) is 2.82. The molecule has 0 aliphatic rings. The topological polar surface area (TPSA) is 120 Å². The van der Waals surface area contributed by atoms with Crippen LogP contribution in [0.4, 0.5) is 11.4 Å². The molecule has 0 saturated carbocycles. The summed E-state index contributed by atoms with van der Waals surface area (Å²) in [4.78, 5) is 25.4. The molecule has 36 heavy (non-hydrogen) atoms. The number of carbonyl (C=O) groups excluding carboxylic acids is 2. The number of nitrogens with one attached hydrogen (secondary N) is 2. The first kappa shape index (κ1) is 26.6. The number of ether oxygens (including phenoxy) is 3. The second kappa shape index (κ2) is 10.7. The Morgan fingerprint density at radius 3 is 2.00 bits per heavy atom. The molecule has 10 heteroatoms. The summed E-state index contributed by atoms with van der Waals surface area (Å²) in [5.41, 5.74) is 2.94. The van der Waals surface area contributed by atoms with Crippen molar-refractivity contribution in [3.05, 3.63) is 76.3 Å². The van der Waals surface area contributed by atoms with Crippen molar-refractivity contribution in [3.8, 4) is 11.5 Å². The predicted molar refractivity (Wildman–Crippen MR) is 137 cm³/mol. The van der Waals surface area contributed by atoms with E-state index in [9.17, 15) is 18.0 Å². The highest BCUT2D eigenvalue weighted by atomic mass is 32.2. The van der Waals surface area contributed by atoms with E-state index in [1.807, 2.05) is 19.9 Å². The summed E-state index contributed by atoms with van der Waals surface area (Å²) in [6.45, 7) is 5.39. The largest absolute Gasteiger partial charge is 0.493 e. The van der Waals surface area contributed by atoms with Crippen molar-refractivity contribution in [2.75, 3.05) is 31.4 Å². The number of anilines is 2. The Labute approximate surface area is 210 Å². The van der Waals surface area contributed by atoms with E-state index < -0.39 is 21.9 Å². The molecule has 0 aliphatic carbocycles. The lowest BCUT2D eigenvalue weighted by atomic mass is 10.1. The molecule has 2 N–H and O–H groups in total. The molecule has 3 aromatic rings. The molecule has 3 rings (SSSR count). The molecule has 1 amide bonds. The highest BCUT2D eigenvalue weighted by Gasteiger charge is 2.22. The van der Waals surface area contributed by atoms with Crippen molar-refractivity contribution in [1.29, 1.82) is 0 Å². The van der Waals surface area contributed by atoms with Gasteiger partial charge in [-0.15, -0.1) is 0 Å². The van der Waals surface area contributed by atoms with Crippen LogP contribution < -0.4 is 19.5 Å². The third-order valence-electron chi connectivity index (χ3n) is 5.39. The molecule has 0 spiro atoms. The summed E-state index contributed by atoms with van der Waals surface area (Å²) < 4.78 is 44.3. The van der Waals surface area contributed by atoms with Crippen LogP contribution in [0.15, 0.2) is 53.4 Å². The van der Waals surface area contributed by atoms with Crippen LogP contribution in [-0.4, -0.2) is 41.6 Å². The fourth-order valence-electron chi connectivity index (χ4n) is 3.73. The maximum Gasteiger partial charge on any atom is 0.340 e. The van der Waals surface area contributed by atoms with E-state index in [-0.39, 0.29) is 33.2 Å². The molecule has 0 radical (unpaired) electrons. The summed E-state index contributed by atoms with van der Waals surface area (Å²) in [6.07, 6.45) is 0. The van der Waals surface area contributed by atoms with E-state index in [1.54, 1.807) is 25.1 Å². The number of benzene rings is 3. The van der Waals surface area contributed by atoms with Crippen molar-refractivity contribution in [3.63, 3.8) is 0 Å². The highest BCUT2D eigenvalue weighted by molar-refractivity contribution is 7.92. The summed E-state index contributed by atoms with van der Waals surface area (Å²) >= 11 is 0. The van der Waals surface area contributed by atoms with Crippen molar-refractivity contribution in [2.24, 2.45) is 0 Å². The fourth-order valence-corrected chi connectivity index (χ4v) is 5.04. The number of methoxy groups -OCH3 is 3. The third kappa shape index (κ3) is 5.77. The van der Waals surface area contributed by atoms with Crippen LogP contribution in [0, 0.1) is 20.8 Å². The third-order valence-corrected chi connectivity index (χ3v) is 6.91. The summed E-state index contributed by atoms with van der Waals surface area (Å²) in [7, 11) is 0.0525. The second-order valence-electron chi connectivity index (χ2n) is 8.16. The molecule has 0 atom stereocenters. The number of carbonyl (C=O) groups is 2. The Bertz CT molecular complexity index is 1410. The van der Waals surface area contributed by atoms with Crippen molar-refractivity contribution >= 4 is 33.3 Å². The molecule has 0 bridgehead atoms. The van der Waals surface area contributed by atoms with E-state index in [4.69, 9.17) is 14.2 Å². The molecule has 0 fully saturated rings. The quantitative estimate of drug-likeness (QED) is 0.427. The highest BCUT2D eigenvalue weighted by Crippen LogP contribution is 2.34. The lowest BCUT2D eigenvalue weighted by Crippen LogP contribution is -2.18. The van der Waals surface area contributed by atoms with Crippen LogP contribution in [0.3, 0.4) is 0 Å². The molecule has 0 aliphatic heterocycles. The molecule has 0 unspecified atom stereocenters. The maximum atomic E-state index is 13.2. The standard InChI is InChI=1S/C26H28N2O7S/c1-15-9-16(2)11-19(10-15)28-36(31,32)24-12-18(8-7-17(24)3)25(29)27-21-14-23(34-5)22(33-4)13-20(21)26(30)35-6/h7-14,28H,1-6H3,(H,27,29). The summed E-state index contributed by atoms with van der Waals surface area (Å²) in [5.74, 6) is -0.770. The van der Waals surface area contributed by atoms with Crippen molar-refractivity contribution < 1.29 is 32.2 Å². The van der Waals surface area contributed by atoms with Crippen molar-refractivity contribution in [1.82, 2.24) is 0 Å². The zero-order valence-corrected chi connectivity index (χ0v) is 21.7. The molecular weight excluding hydrogens is 484 g/mol. The fraction of sp³-hybridized carbons (Fsp3) is 0.231. The minimum atomic E-state index is -3.99. The van der Waals surface area contributed by atoms with E-state index in [0.717, 1.165) is 11.1 Å². The first-order valence-corrected chi connectivity index (χ1v) is 12.3. The smallest absolute Gasteiger partial charge is 0.340 e. The zero-order chi connectivity index (χ0) is 26.6. The first-order chi connectivity index (χ1) is 17.0. The normalized spacial score (nSPS) is 10.9. The van der Waals surface area contributed by atoms with E-state index in [0.29, 0.717) is 11.3 Å². The molecule has 9 nitrogen and oxygen atoms in total. The average molecular weight is 513 g/mol. The van der Waals surface area contributed by atoms with E-state index in [2.05, 4.69) is 10.0 Å². The number of rotatable bonds is 8. The first-order valence-electron chi connectivity index (χ1n) is 10.9. The van der Waals surface area contributed by atoms with Gasteiger partial charge >= 0.3 is 5.97 Å².